The number of rotatable bonds is 8. The lowest BCUT2D eigenvalue weighted by molar-refractivity contribution is 0.505. The van der Waals surface area contributed by atoms with Gasteiger partial charge in [0, 0.05) is 10.5 Å². The van der Waals surface area contributed by atoms with Crippen molar-refractivity contribution in [1.29, 1.82) is 0 Å². The monoisotopic (exact) mass is 313 g/mol. The van der Waals surface area contributed by atoms with Crippen molar-refractivity contribution in [3.05, 3.63) is 46.7 Å². The van der Waals surface area contributed by atoms with E-state index in [9.17, 15) is 4.39 Å². The second-order valence-corrected chi connectivity index (χ2v) is 5.29. The number of hydrogen-bond acceptors (Lipinski definition) is 1. The zero-order valence-corrected chi connectivity index (χ0v) is 12.5. The van der Waals surface area contributed by atoms with Gasteiger partial charge in [-0.15, -0.1) is 6.58 Å². The van der Waals surface area contributed by atoms with Gasteiger partial charge in [0.05, 0.1) is 0 Å². The van der Waals surface area contributed by atoms with E-state index in [1.165, 1.54) is 31.4 Å². The smallest absolute Gasteiger partial charge is 0.124 e. The fourth-order valence-corrected chi connectivity index (χ4v) is 2.68. The highest BCUT2D eigenvalue weighted by atomic mass is 79.9. The quantitative estimate of drug-likeness (QED) is 0.527. The molecule has 1 atom stereocenters. The molecule has 1 unspecified atom stereocenters. The minimum absolute atomic E-state index is 0.202. The number of nitrogens with one attached hydrogen (secondary N) is 1. The fourth-order valence-electron chi connectivity index (χ4n) is 2.05. The van der Waals surface area contributed by atoms with E-state index in [4.69, 9.17) is 0 Å². The van der Waals surface area contributed by atoms with Crippen LogP contribution in [0, 0.1) is 5.82 Å². The summed E-state index contributed by atoms with van der Waals surface area (Å²) in [5.41, 5.74) is 1.13. The molecule has 0 aliphatic heterocycles. The van der Waals surface area contributed by atoms with Gasteiger partial charge in [0.25, 0.3) is 0 Å². The van der Waals surface area contributed by atoms with Crippen LogP contribution >= 0.6 is 15.9 Å². The predicted molar refractivity (Wildman–Crippen MR) is 79.2 cm³/mol. The molecule has 1 rings (SSSR count). The first-order valence-electron chi connectivity index (χ1n) is 6.42. The van der Waals surface area contributed by atoms with Crippen LogP contribution < -0.4 is 5.32 Å². The van der Waals surface area contributed by atoms with E-state index in [0.717, 1.165) is 22.9 Å². The minimum Gasteiger partial charge on any atom is -0.313 e. The maximum absolute atomic E-state index is 13.0. The first kappa shape index (κ1) is 15.4. The molecule has 0 amide bonds. The lowest BCUT2D eigenvalue weighted by Gasteiger charge is -2.18. The van der Waals surface area contributed by atoms with E-state index in [0.29, 0.717) is 0 Å². The molecule has 1 nitrogen and oxygen atoms in total. The van der Waals surface area contributed by atoms with Gasteiger partial charge in [-0.3, -0.25) is 0 Å². The minimum atomic E-state index is -0.202. The lowest BCUT2D eigenvalue weighted by atomic mass is 10.00. The third kappa shape index (κ3) is 4.91. The molecule has 3 heteroatoms. The largest absolute Gasteiger partial charge is 0.313 e. The van der Waals surface area contributed by atoms with Crippen molar-refractivity contribution >= 4 is 15.9 Å². The van der Waals surface area contributed by atoms with Gasteiger partial charge in [-0.25, -0.2) is 4.39 Å². The highest BCUT2D eigenvalue weighted by Gasteiger charge is 2.12. The average Bonchev–Trinajstić information content (AvgIpc) is 2.35. The van der Waals surface area contributed by atoms with Gasteiger partial charge in [0.2, 0.25) is 0 Å². The van der Waals surface area contributed by atoms with E-state index in [1.54, 1.807) is 0 Å². The Balaban J connectivity index is 2.52. The number of benzene rings is 1. The lowest BCUT2D eigenvalue weighted by Crippen LogP contribution is -2.16. The van der Waals surface area contributed by atoms with E-state index >= 15 is 0 Å². The first-order valence-corrected chi connectivity index (χ1v) is 7.21. The predicted octanol–water partition coefficient (Wildman–Crippen LogP) is 4.99. The zero-order valence-electron chi connectivity index (χ0n) is 10.9. The Hall–Kier alpha value is -0.670. The van der Waals surface area contributed by atoms with Gasteiger partial charge >= 0.3 is 0 Å². The summed E-state index contributed by atoms with van der Waals surface area (Å²) in [6.07, 6.45) is 7.70. The Morgan fingerprint density at radius 2 is 2.17 bits per heavy atom. The van der Waals surface area contributed by atoms with Gasteiger partial charge in [-0.1, -0.05) is 40.9 Å². The molecule has 0 aromatic heterocycles. The second kappa shape index (κ2) is 8.44. The molecule has 18 heavy (non-hydrogen) atoms. The molecular weight excluding hydrogens is 293 g/mol. The summed E-state index contributed by atoms with van der Waals surface area (Å²) in [7, 11) is 1.95. The summed E-state index contributed by atoms with van der Waals surface area (Å²) in [4.78, 5) is 0. The summed E-state index contributed by atoms with van der Waals surface area (Å²) in [5, 5.41) is 3.30. The number of allylic oxidation sites excluding steroid dienone is 1. The molecular formula is C15H21BrFN. The Labute approximate surface area is 118 Å². The Kier molecular flexibility index (Phi) is 7.21. The standard InChI is InChI=1S/C15H21BrFN/c1-3-4-5-6-7-8-15(18-2)13-10-9-12(17)11-14(13)16/h3,9-11,15,18H,1,4-8H2,2H3. The number of unbranched alkanes of at least 4 members (excludes halogenated alkanes) is 3. The van der Waals surface area contributed by atoms with Crippen molar-refractivity contribution in [2.75, 3.05) is 7.05 Å². The summed E-state index contributed by atoms with van der Waals surface area (Å²) < 4.78 is 13.9. The van der Waals surface area contributed by atoms with Crippen molar-refractivity contribution in [2.24, 2.45) is 0 Å². The molecule has 0 saturated heterocycles. The first-order chi connectivity index (χ1) is 8.69. The van der Waals surface area contributed by atoms with Gasteiger partial charge < -0.3 is 5.32 Å². The molecule has 0 saturated carbocycles. The van der Waals surface area contributed by atoms with E-state index in [1.807, 2.05) is 19.2 Å². The molecule has 1 aromatic carbocycles. The molecule has 100 valence electrons. The van der Waals surface area contributed by atoms with Crippen LogP contribution in [-0.4, -0.2) is 7.05 Å². The van der Waals surface area contributed by atoms with Crippen LogP contribution in [0.2, 0.25) is 0 Å². The molecule has 1 N–H and O–H groups in total. The number of halogens is 2. The van der Waals surface area contributed by atoms with Crippen molar-refractivity contribution in [2.45, 2.75) is 38.1 Å². The van der Waals surface area contributed by atoms with Crippen LogP contribution in [0.15, 0.2) is 35.3 Å². The highest BCUT2D eigenvalue weighted by Crippen LogP contribution is 2.27. The molecule has 0 fully saturated rings. The van der Waals surface area contributed by atoms with Gasteiger partial charge in [-0.2, -0.15) is 0 Å². The van der Waals surface area contributed by atoms with Crippen LogP contribution in [-0.2, 0) is 0 Å². The van der Waals surface area contributed by atoms with Crippen LogP contribution in [0.4, 0.5) is 4.39 Å². The van der Waals surface area contributed by atoms with E-state index < -0.39 is 0 Å². The fraction of sp³-hybridized carbons (Fsp3) is 0.467. The summed E-state index contributed by atoms with van der Waals surface area (Å²) >= 11 is 3.43. The van der Waals surface area contributed by atoms with Gasteiger partial charge in [0.15, 0.2) is 0 Å². The van der Waals surface area contributed by atoms with Crippen molar-refractivity contribution in [3.8, 4) is 0 Å². The Morgan fingerprint density at radius 3 is 2.78 bits per heavy atom. The maximum Gasteiger partial charge on any atom is 0.124 e. The molecule has 0 bridgehead atoms. The average molecular weight is 314 g/mol. The zero-order chi connectivity index (χ0) is 13.4. The molecule has 0 spiro atoms. The molecule has 0 heterocycles. The molecule has 0 aliphatic carbocycles. The Morgan fingerprint density at radius 1 is 1.39 bits per heavy atom. The second-order valence-electron chi connectivity index (χ2n) is 4.43. The van der Waals surface area contributed by atoms with E-state index in [-0.39, 0.29) is 11.9 Å². The number of hydrogen-bond donors (Lipinski definition) is 1. The molecule has 1 aromatic rings. The van der Waals surface area contributed by atoms with Gasteiger partial charge in [0.1, 0.15) is 5.82 Å². The van der Waals surface area contributed by atoms with Gasteiger partial charge in [-0.05, 0) is 44.0 Å². The Bertz CT molecular complexity index is 379. The van der Waals surface area contributed by atoms with Crippen LogP contribution in [0.3, 0.4) is 0 Å². The van der Waals surface area contributed by atoms with Crippen molar-refractivity contribution < 1.29 is 4.39 Å². The third-order valence-electron chi connectivity index (χ3n) is 3.09. The third-order valence-corrected chi connectivity index (χ3v) is 3.77. The molecule has 0 radical (unpaired) electrons. The van der Waals surface area contributed by atoms with Crippen LogP contribution in [0.25, 0.3) is 0 Å². The summed E-state index contributed by atoms with van der Waals surface area (Å²) in [5.74, 6) is -0.202. The van der Waals surface area contributed by atoms with Crippen molar-refractivity contribution in [3.63, 3.8) is 0 Å². The van der Waals surface area contributed by atoms with Crippen molar-refractivity contribution in [1.82, 2.24) is 5.32 Å². The topological polar surface area (TPSA) is 12.0 Å². The van der Waals surface area contributed by atoms with Crippen LogP contribution in [0.5, 0.6) is 0 Å². The van der Waals surface area contributed by atoms with E-state index in [2.05, 4.69) is 27.8 Å². The maximum atomic E-state index is 13.0. The summed E-state index contributed by atoms with van der Waals surface area (Å²) in [6.45, 7) is 3.72. The van der Waals surface area contributed by atoms with Crippen LogP contribution in [0.1, 0.15) is 43.7 Å². The SMILES string of the molecule is C=CCCCCCC(NC)c1ccc(F)cc1Br. The molecule has 0 aliphatic rings. The summed E-state index contributed by atoms with van der Waals surface area (Å²) in [6, 6.07) is 5.17. The normalized spacial score (nSPS) is 12.4. The highest BCUT2D eigenvalue weighted by molar-refractivity contribution is 9.10.